The van der Waals surface area contributed by atoms with Gasteiger partial charge in [0.05, 0.1) is 13.2 Å². The van der Waals surface area contributed by atoms with Crippen LogP contribution in [0.15, 0.2) is 48.8 Å². The summed E-state index contributed by atoms with van der Waals surface area (Å²) in [6.07, 6.45) is 5.71. The van der Waals surface area contributed by atoms with Crippen molar-refractivity contribution in [2.24, 2.45) is 0 Å². The first-order valence-corrected chi connectivity index (χ1v) is 8.59. The fourth-order valence-electron chi connectivity index (χ4n) is 3.14. The molecule has 25 heavy (non-hydrogen) atoms. The van der Waals surface area contributed by atoms with E-state index < -0.39 is 0 Å². The second kappa shape index (κ2) is 8.48. The average molecular weight is 340 g/mol. The lowest BCUT2D eigenvalue weighted by atomic mass is 10.1. The molecule has 2 N–H and O–H groups in total. The van der Waals surface area contributed by atoms with Gasteiger partial charge in [0, 0.05) is 24.6 Å². The molecule has 2 amide bonds. The van der Waals surface area contributed by atoms with Crippen LogP contribution in [0.5, 0.6) is 5.75 Å². The first kappa shape index (κ1) is 17.2. The van der Waals surface area contributed by atoms with Crippen molar-refractivity contribution >= 4 is 11.7 Å². The predicted octanol–water partition coefficient (Wildman–Crippen LogP) is 3.05. The minimum Gasteiger partial charge on any atom is -0.497 e. The number of likely N-dealkylation sites (tertiary alicyclic amines) is 1. The molecular weight excluding hydrogens is 316 g/mol. The molecule has 1 aliphatic rings. The number of pyridine rings is 1. The standard InChI is InChI=1S/C19H24N4O2/c1-25-17-6-4-15(5-7-17)18(23-12-2-3-13-23)14-21-19(24)22-16-8-10-20-11-9-16/h4-11,18H,2-3,12-14H2,1H3,(H2,20,21,22,24). The number of nitrogens with zero attached hydrogens (tertiary/aromatic N) is 2. The summed E-state index contributed by atoms with van der Waals surface area (Å²) < 4.78 is 5.24. The van der Waals surface area contributed by atoms with Crippen molar-refractivity contribution in [3.63, 3.8) is 0 Å². The molecule has 3 rings (SSSR count). The van der Waals surface area contributed by atoms with Gasteiger partial charge < -0.3 is 15.4 Å². The van der Waals surface area contributed by atoms with E-state index in [0.717, 1.165) is 24.5 Å². The van der Waals surface area contributed by atoms with Gasteiger partial charge in [0.1, 0.15) is 5.75 Å². The highest BCUT2D eigenvalue weighted by Gasteiger charge is 2.24. The number of methoxy groups -OCH3 is 1. The SMILES string of the molecule is COc1ccc(C(CNC(=O)Nc2ccncc2)N2CCCC2)cc1. The molecule has 1 unspecified atom stereocenters. The Hall–Kier alpha value is -2.60. The quantitative estimate of drug-likeness (QED) is 0.848. The third kappa shape index (κ3) is 4.70. The number of benzene rings is 1. The molecule has 6 nitrogen and oxygen atoms in total. The molecular formula is C19H24N4O2. The van der Waals surface area contributed by atoms with Crippen molar-refractivity contribution in [3.05, 3.63) is 54.4 Å². The maximum absolute atomic E-state index is 12.2. The molecule has 1 aromatic heterocycles. The van der Waals surface area contributed by atoms with Crippen LogP contribution >= 0.6 is 0 Å². The summed E-state index contributed by atoms with van der Waals surface area (Å²) in [7, 11) is 1.66. The Labute approximate surface area is 148 Å². The smallest absolute Gasteiger partial charge is 0.319 e. The molecule has 1 saturated heterocycles. The Balaban J connectivity index is 1.64. The van der Waals surface area contributed by atoms with Crippen molar-refractivity contribution in [2.45, 2.75) is 18.9 Å². The summed E-state index contributed by atoms with van der Waals surface area (Å²) >= 11 is 0. The Bertz CT molecular complexity index is 670. The van der Waals surface area contributed by atoms with Crippen molar-refractivity contribution in [2.75, 3.05) is 32.1 Å². The Morgan fingerprint density at radius 3 is 2.48 bits per heavy atom. The zero-order valence-corrected chi connectivity index (χ0v) is 14.4. The number of anilines is 1. The van der Waals surface area contributed by atoms with Crippen LogP contribution in [0, 0.1) is 0 Å². The van der Waals surface area contributed by atoms with E-state index in [-0.39, 0.29) is 12.1 Å². The molecule has 2 heterocycles. The summed E-state index contributed by atoms with van der Waals surface area (Å²) in [5.74, 6) is 0.840. The number of carbonyl (C=O) groups excluding carboxylic acids is 1. The number of nitrogens with one attached hydrogen (secondary N) is 2. The molecule has 6 heteroatoms. The van der Waals surface area contributed by atoms with E-state index in [1.54, 1.807) is 31.6 Å². The fraction of sp³-hybridized carbons (Fsp3) is 0.368. The Morgan fingerprint density at radius 1 is 1.16 bits per heavy atom. The summed E-state index contributed by atoms with van der Waals surface area (Å²) in [5, 5.41) is 5.82. The highest BCUT2D eigenvalue weighted by molar-refractivity contribution is 5.89. The number of ether oxygens (including phenoxy) is 1. The maximum Gasteiger partial charge on any atom is 0.319 e. The molecule has 0 radical (unpaired) electrons. The van der Waals surface area contributed by atoms with Gasteiger partial charge in [0.15, 0.2) is 0 Å². The third-order valence-corrected chi connectivity index (χ3v) is 4.48. The summed E-state index contributed by atoms with van der Waals surface area (Å²) in [5.41, 5.74) is 1.92. The summed E-state index contributed by atoms with van der Waals surface area (Å²) in [4.78, 5) is 18.6. The van der Waals surface area contributed by atoms with Crippen molar-refractivity contribution in [1.29, 1.82) is 0 Å². The first-order valence-electron chi connectivity index (χ1n) is 8.59. The van der Waals surface area contributed by atoms with Crippen molar-refractivity contribution in [3.8, 4) is 5.75 Å². The molecule has 1 fully saturated rings. The van der Waals surface area contributed by atoms with E-state index in [2.05, 4.69) is 32.7 Å². The second-order valence-electron chi connectivity index (χ2n) is 6.10. The number of hydrogen-bond acceptors (Lipinski definition) is 4. The molecule has 0 spiro atoms. The van der Waals surface area contributed by atoms with E-state index in [0.29, 0.717) is 6.54 Å². The Kier molecular flexibility index (Phi) is 5.85. The minimum atomic E-state index is -0.205. The topological polar surface area (TPSA) is 66.5 Å². The van der Waals surface area contributed by atoms with Crippen LogP contribution in [-0.4, -0.2) is 42.7 Å². The van der Waals surface area contributed by atoms with Crippen LogP contribution in [0.3, 0.4) is 0 Å². The van der Waals surface area contributed by atoms with E-state index >= 15 is 0 Å². The van der Waals surface area contributed by atoms with Gasteiger partial charge in [-0.25, -0.2) is 4.79 Å². The van der Waals surface area contributed by atoms with Gasteiger partial charge >= 0.3 is 6.03 Å². The number of aromatic nitrogens is 1. The van der Waals surface area contributed by atoms with E-state index in [9.17, 15) is 4.79 Å². The zero-order valence-electron chi connectivity index (χ0n) is 14.4. The van der Waals surface area contributed by atoms with Gasteiger partial charge in [0.25, 0.3) is 0 Å². The lowest BCUT2D eigenvalue weighted by Crippen LogP contribution is -2.38. The number of carbonyl (C=O) groups is 1. The van der Waals surface area contributed by atoms with Crippen LogP contribution in [0.4, 0.5) is 10.5 Å². The van der Waals surface area contributed by atoms with Crippen LogP contribution in [0.25, 0.3) is 0 Å². The van der Waals surface area contributed by atoms with Gasteiger partial charge in [0.2, 0.25) is 0 Å². The van der Waals surface area contributed by atoms with E-state index in [4.69, 9.17) is 4.74 Å². The highest BCUT2D eigenvalue weighted by Crippen LogP contribution is 2.26. The highest BCUT2D eigenvalue weighted by atomic mass is 16.5. The predicted molar refractivity (Wildman–Crippen MR) is 97.8 cm³/mol. The molecule has 0 bridgehead atoms. The molecule has 132 valence electrons. The van der Waals surface area contributed by atoms with Gasteiger partial charge in [-0.15, -0.1) is 0 Å². The van der Waals surface area contributed by atoms with Crippen molar-refractivity contribution < 1.29 is 9.53 Å². The number of urea groups is 1. The maximum atomic E-state index is 12.2. The molecule has 1 aliphatic heterocycles. The largest absolute Gasteiger partial charge is 0.497 e. The molecule has 0 aliphatic carbocycles. The molecule has 1 atom stereocenters. The summed E-state index contributed by atoms with van der Waals surface area (Å²) in [6, 6.07) is 11.6. The lowest BCUT2D eigenvalue weighted by Gasteiger charge is -2.28. The first-order chi connectivity index (χ1) is 12.3. The second-order valence-corrected chi connectivity index (χ2v) is 6.10. The third-order valence-electron chi connectivity index (χ3n) is 4.48. The van der Waals surface area contributed by atoms with Gasteiger partial charge in [-0.05, 0) is 55.8 Å². The van der Waals surface area contributed by atoms with Crippen LogP contribution in [-0.2, 0) is 0 Å². The monoisotopic (exact) mass is 340 g/mol. The molecule has 0 saturated carbocycles. The molecule has 1 aromatic carbocycles. The normalized spacial score (nSPS) is 15.6. The van der Waals surface area contributed by atoms with Crippen LogP contribution < -0.4 is 15.4 Å². The van der Waals surface area contributed by atoms with E-state index in [1.165, 1.54) is 18.4 Å². The van der Waals surface area contributed by atoms with Crippen molar-refractivity contribution in [1.82, 2.24) is 15.2 Å². The average Bonchev–Trinajstić information content (AvgIpc) is 3.18. The Morgan fingerprint density at radius 2 is 1.84 bits per heavy atom. The van der Waals surface area contributed by atoms with E-state index in [1.807, 2.05) is 12.1 Å². The van der Waals surface area contributed by atoms with Gasteiger partial charge in [-0.3, -0.25) is 9.88 Å². The zero-order chi connectivity index (χ0) is 17.5. The van der Waals surface area contributed by atoms with Crippen LogP contribution in [0.2, 0.25) is 0 Å². The number of rotatable bonds is 6. The number of hydrogen-bond donors (Lipinski definition) is 2. The fourth-order valence-corrected chi connectivity index (χ4v) is 3.14. The number of amides is 2. The molecule has 2 aromatic rings. The minimum absolute atomic E-state index is 0.164. The van der Waals surface area contributed by atoms with Gasteiger partial charge in [-0.2, -0.15) is 0 Å². The lowest BCUT2D eigenvalue weighted by molar-refractivity contribution is 0.227. The van der Waals surface area contributed by atoms with Gasteiger partial charge in [-0.1, -0.05) is 12.1 Å². The van der Waals surface area contributed by atoms with Crippen LogP contribution in [0.1, 0.15) is 24.4 Å². The summed E-state index contributed by atoms with van der Waals surface area (Å²) in [6.45, 7) is 2.68.